The van der Waals surface area contributed by atoms with E-state index in [0.717, 1.165) is 17.0 Å². The third kappa shape index (κ3) is 2.38. The van der Waals surface area contributed by atoms with Gasteiger partial charge in [0.05, 0.1) is 18.3 Å². The van der Waals surface area contributed by atoms with Gasteiger partial charge in [-0.25, -0.2) is 4.98 Å². The van der Waals surface area contributed by atoms with E-state index in [0.29, 0.717) is 5.82 Å². The molecule has 4 N–H and O–H groups in total. The van der Waals surface area contributed by atoms with Crippen LogP contribution in [0.1, 0.15) is 23.1 Å². The summed E-state index contributed by atoms with van der Waals surface area (Å²) in [6.45, 7) is 3.89. The van der Waals surface area contributed by atoms with Gasteiger partial charge in [-0.1, -0.05) is 29.8 Å². The highest BCUT2D eigenvalue weighted by atomic mass is 16.3. The summed E-state index contributed by atoms with van der Waals surface area (Å²) in [7, 11) is 0. The summed E-state index contributed by atoms with van der Waals surface area (Å²) in [6.07, 6.45) is 0. The number of hydrogen-bond acceptors (Lipinski definition) is 3. The third-order valence-corrected chi connectivity index (χ3v) is 2.78. The maximum atomic E-state index is 9.01. The molecule has 1 aromatic carbocycles. The van der Waals surface area contributed by atoms with Crippen LogP contribution in [0.15, 0.2) is 24.3 Å². The third-order valence-electron chi connectivity index (χ3n) is 2.78. The minimum atomic E-state index is -0.451. The van der Waals surface area contributed by atoms with E-state index in [9.17, 15) is 0 Å². The molecule has 1 unspecified atom stereocenters. The molecule has 2 rings (SSSR count). The second-order valence-electron chi connectivity index (χ2n) is 4.25. The Morgan fingerprint density at radius 3 is 2.53 bits per heavy atom. The van der Waals surface area contributed by atoms with Crippen molar-refractivity contribution >= 4 is 0 Å². The number of nitrogens with one attached hydrogen (secondary N) is 1. The molecular weight excluding hydrogens is 214 g/mol. The lowest BCUT2D eigenvalue weighted by Gasteiger charge is -2.02. The van der Waals surface area contributed by atoms with Crippen LogP contribution in [-0.2, 0) is 0 Å². The van der Waals surface area contributed by atoms with Crippen molar-refractivity contribution in [3.05, 3.63) is 41.3 Å². The number of H-pyrrole nitrogens is 1. The fraction of sp³-hybridized carbons (Fsp3) is 0.308. The van der Waals surface area contributed by atoms with Crippen LogP contribution in [0.4, 0.5) is 0 Å². The van der Waals surface area contributed by atoms with Crippen LogP contribution < -0.4 is 5.73 Å². The monoisotopic (exact) mass is 231 g/mol. The highest BCUT2D eigenvalue weighted by Crippen LogP contribution is 2.22. The van der Waals surface area contributed by atoms with Gasteiger partial charge in [0.2, 0.25) is 0 Å². The zero-order chi connectivity index (χ0) is 12.4. The molecule has 0 fully saturated rings. The summed E-state index contributed by atoms with van der Waals surface area (Å²) in [5, 5.41) is 9.01. The van der Waals surface area contributed by atoms with Gasteiger partial charge in [-0.2, -0.15) is 0 Å². The molecule has 1 heterocycles. The Kier molecular flexibility index (Phi) is 3.26. The van der Waals surface area contributed by atoms with E-state index < -0.39 is 6.04 Å². The van der Waals surface area contributed by atoms with E-state index in [4.69, 9.17) is 10.8 Å². The fourth-order valence-corrected chi connectivity index (χ4v) is 1.74. The van der Waals surface area contributed by atoms with E-state index in [-0.39, 0.29) is 6.61 Å². The number of aromatic amines is 1. The minimum Gasteiger partial charge on any atom is -0.394 e. The highest BCUT2D eigenvalue weighted by Gasteiger charge is 2.13. The zero-order valence-corrected chi connectivity index (χ0v) is 10.1. The number of aliphatic hydroxyl groups is 1. The van der Waals surface area contributed by atoms with Crippen LogP contribution in [0.3, 0.4) is 0 Å². The number of aryl methyl sites for hydroxylation is 2. The molecule has 17 heavy (non-hydrogen) atoms. The van der Waals surface area contributed by atoms with Crippen LogP contribution in [-0.4, -0.2) is 21.7 Å². The fourth-order valence-electron chi connectivity index (χ4n) is 1.74. The molecule has 4 nitrogen and oxygen atoms in total. The number of hydrogen-bond donors (Lipinski definition) is 3. The second kappa shape index (κ2) is 4.69. The zero-order valence-electron chi connectivity index (χ0n) is 10.1. The van der Waals surface area contributed by atoms with E-state index in [1.165, 1.54) is 5.56 Å². The van der Waals surface area contributed by atoms with Gasteiger partial charge in [-0.15, -0.1) is 0 Å². The lowest BCUT2D eigenvalue weighted by Crippen LogP contribution is -2.16. The van der Waals surface area contributed by atoms with Crippen LogP contribution in [0.5, 0.6) is 0 Å². The van der Waals surface area contributed by atoms with Gasteiger partial charge >= 0.3 is 0 Å². The van der Waals surface area contributed by atoms with Gasteiger partial charge in [0.1, 0.15) is 5.82 Å². The van der Waals surface area contributed by atoms with E-state index in [1.54, 1.807) is 0 Å². The Morgan fingerprint density at radius 1 is 1.29 bits per heavy atom. The minimum absolute atomic E-state index is 0.111. The summed E-state index contributed by atoms with van der Waals surface area (Å²) in [5.74, 6) is 0.626. The number of nitrogens with zero attached hydrogens (tertiary/aromatic N) is 1. The topological polar surface area (TPSA) is 74.9 Å². The van der Waals surface area contributed by atoms with E-state index in [2.05, 4.69) is 22.1 Å². The van der Waals surface area contributed by atoms with Gasteiger partial charge in [0.25, 0.3) is 0 Å². The van der Waals surface area contributed by atoms with Crippen molar-refractivity contribution in [2.75, 3.05) is 6.61 Å². The first-order valence-electron chi connectivity index (χ1n) is 5.62. The number of benzene rings is 1. The Labute approximate surface area is 101 Å². The first kappa shape index (κ1) is 11.8. The van der Waals surface area contributed by atoms with Crippen molar-refractivity contribution < 1.29 is 5.11 Å². The van der Waals surface area contributed by atoms with Gasteiger partial charge in [-0.05, 0) is 13.8 Å². The molecule has 1 atom stereocenters. The van der Waals surface area contributed by atoms with Gasteiger partial charge in [0.15, 0.2) is 0 Å². The molecule has 0 radical (unpaired) electrons. The Morgan fingerprint density at radius 2 is 1.94 bits per heavy atom. The maximum absolute atomic E-state index is 9.01. The van der Waals surface area contributed by atoms with E-state index >= 15 is 0 Å². The average molecular weight is 231 g/mol. The predicted octanol–water partition coefficient (Wildman–Crippen LogP) is 1.69. The van der Waals surface area contributed by atoms with Gasteiger partial charge in [-0.3, -0.25) is 0 Å². The first-order chi connectivity index (χ1) is 8.11. The summed E-state index contributed by atoms with van der Waals surface area (Å²) < 4.78 is 0. The number of nitrogens with two attached hydrogens (primary N) is 1. The van der Waals surface area contributed by atoms with Crippen molar-refractivity contribution in [2.45, 2.75) is 19.9 Å². The molecular formula is C13H17N3O. The highest BCUT2D eigenvalue weighted by molar-refractivity contribution is 5.62. The van der Waals surface area contributed by atoms with Crippen molar-refractivity contribution in [3.63, 3.8) is 0 Å². The molecule has 0 aliphatic carbocycles. The molecule has 4 heteroatoms. The Hall–Kier alpha value is -1.65. The molecule has 2 aromatic rings. The number of imidazole rings is 1. The summed E-state index contributed by atoms with van der Waals surface area (Å²) in [6, 6.07) is 7.72. The summed E-state index contributed by atoms with van der Waals surface area (Å²) in [5.41, 5.74) is 9.87. The molecule has 0 bridgehead atoms. The van der Waals surface area contributed by atoms with E-state index in [1.807, 2.05) is 26.0 Å². The quantitative estimate of drug-likeness (QED) is 0.752. The van der Waals surface area contributed by atoms with Crippen molar-refractivity contribution in [3.8, 4) is 11.3 Å². The summed E-state index contributed by atoms with van der Waals surface area (Å²) in [4.78, 5) is 7.55. The van der Waals surface area contributed by atoms with Crippen molar-refractivity contribution in [2.24, 2.45) is 5.73 Å². The van der Waals surface area contributed by atoms with Crippen molar-refractivity contribution in [1.29, 1.82) is 0 Å². The molecule has 0 saturated heterocycles. The number of rotatable bonds is 3. The Bertz CT molecular complexity index is 502. The second-order valence-corrected chi connectivity index (χ2v) is 4.25. The number of aromatic nitrogens is 2. The maximum Gasteiger partial charge on any atom is 0.126 e. The first-order valence-corrected chi connectivity index (χ1v) is 5.62. The average Bonchev–Trinajstić information content (AvgIpc) is 2.71. The largest absolute Gasteiger partial charge is 0.394 e. The predicted molar refractivity (Wildman–Crippen MR) is 67.5 cm³/mol. The standard InChI is InChI=1S/C13H17N3O/c1-8-3-5-10(6-4-8)12-9(2)15-13(16-12)11(14)7-17/h3-6,11,17H,7,14H2,1-2H3,(H,15,16). The Balaban J connectivity index is 2.39. The van der Waals surface area contributed by atoms with Crippen LogP contribution in [0.2, 0.25) is 0 Å². The van der Waals surface area contributed by atoms with Crippen molar-refractivity contribution in [1.82, 2.24) is 9.97 Å². The number of aliphatic hydroxyl groups excluding tert-OH is 1. The summed E-state index contributed by atoms with van der Waals surface area (Å²) >= 11 is 0. The lowest BCUT2D eigenvalue weighted by molar-refractivity contribution is 0.264. The van der Waals surface area contributed by atoms with Crippen LogP contribution >= 0.6 is 0 Å². The van der Waals surface area contributed by atoms with Gasteiger partial charge < -0.3 is 15.8 Å². The molecule has 0 amide bonds. The molecule has 0 spiro atoms. The van der Waals surface area contributed by atoms with Crippen LogP contribution in [0, 0.1) is 13.8 Å². The molecule has 0 aliphatic rings. The molecule has 0 saturated carbocycles. The SMILES string of the molecule is Cc1ccc(-c2nc(C(N)CO)[nH]c2C)cc1. The smallest absolute Gasteiger partial charge is 0.126 e. The molecule has 0 aliphatic heterocycles. The van der Waals surface area contributed by atoms with Crippen LogP contribution in [0.25, 0.3) is 11.3 Å². The molecule has 90 valence electrons. The molecule has 1 aromatic heterocycles. The normalized spacial score (nSPS) is 12.7. The van der Waals surface area contributed by atoms with Gasteiger partial charge in [0, 0.05) is 11.3 Å². The lowest BCUT2D eigenvalue weighted by atomic mass is 10.1.